The molecule has 0 spiro atoms. The third-order valence-electron chi connectivity index (χ3n) is 4.68. The molecule has 0 saturated carbocycles. The number of carbonyl (C=O) groups is 2. The first kappa shape index (κ1) is 23.2. The van der Waals surface area contributed by atoms with Gasteiger partial charge in [0.1, 0.15) is 6.04 Å². The van der Waals surface area contributed by atoms with E-state index in [1.807, 2.05) is 45.0 Å². The van der Waals surface area contributed by atoms with Crippen molar-refractivity contribution in [3.8, 4) is 0 Å². The number of nitrogens with zero attached hydrogens (tertiary/aromatic N) is 1. The third-order valence-corrected chi connectivity index (χ3v) is 5.39. The van der Waals surface area contributed by atoms with Crippen molar-refractivity contribution in [2.75, 3.05) is 6.54 Å². The normalized spacial score (nSPS) is 12.0. The highest BCUT2D eigenvalue weighted by molar-refractivity contribution is 6.36. The summed E-state index contributed by atoms with van der Waals surface area (Å²) in [5, 5.41) is 3.80. The minimum absolute atomic E-state index is 0.0339. The molecule has 1 atom stereocenters. The van der Waals surface area contributed by atoms with E-state index in [4.69, 9.17) is 23.2 Å². The third kappa shape index (κ3) is 6.76. The first-order valence-corrected chi connectivity index (χ1v) is 10.5. The van der Waals surface area contributed by atoms with Crippen LogP contribution < -0.4 is 5.32 Å². The van der Waals surface area contributed by atoms with Crippen LogP contribution in [-0.2, 0) is 22.6 Å². The van der Waals surface area contributed by atoms with E-state index in [1.54, 1.807) is 30.0 Å². The van der Waals surface area contributed by atoms with Crippen molar-refractivity contribution in [2.24, 2.45) is 5.92 Å². The number of aryl methyl sites for hydroxylation is 1. The van der Waals surface area contributed by atoms with Crippen molar-refractivity contribution < 1.29 is 9.59 Å². The summed E-state index contributed by atoms with van der Waals surface area (Å²) < 4.78 is 0. The Morgan fingerprint density at radius 3 is 2.24 bits per heavy atom. The molecule has 2 rings (SSSR count). The number of rotatable bonds is 8. The Balaban J connectivity index is 2.27. The summed E-state index contributed by atoms with van der Waals surface area (Å²) in [5.74, 6) is -0.0485. The lowest BCUT2D eigenvalue weighted by Crippen LogP contribution is -2.48. The van der Waals surface area contributed by atoms with Crippen molar-refractivity contribution in [1.29, 1.82) is 0 Å². The van der Waals surface area contributed by atoms with Crippen molar-refractivity contribution >= 4 is 35.0 Å². The van der Waals surface area contributed by atoms with Gasteiger partial charge < -0.3 is 10.2 Å². The lowest BCUT2D eigenvalue weighted by molar-refractivity contribution is -0.140. The van der Waals surface area contributed by atoms with Gasteiger partial charge in [-0.1, -0.05) is 72.9 Å². The maximum Gasteiger partial charge on any atom is 0.242 e. The topological polar surface area (TPSA) is 49.4 Å². The molecule has 0 heterocycles. The SMILES string of the molecule is Cc1cccc(CN(C(=O)Cc2c(Cl)cccc2Cl)[C@@H](C)C(=O)NCC(C)C)c1. The predicted molar refractivity (Wildman–Crippen MR) is 119 cm³/mol. The summed E-state index contributed by atoms with van der Waals surface area (Å²) in [5.41, 5.74) is 2.64. The summed E-state index contributed by atoms with van der Waals surface area (Å²) in [6, 6.07) is 12.4. The number of amides is 2. The van der Waals surface area contributed by atoms with Crippen LogP contribution in [0.2, 0.25) is 10.0 Å². The van der Waals surface area contributed by atoms with Crippen LogP contribution in [0.4, 0.5) is 0 Å². The van der Waals surface area contributed by atoms with E-state index in [0.29, 0.717) is 34.6 Å². The Hall–Kier alpha value is -2.04. The zero-order valence-electron chi connectivity index (χ0n) is 17.3. The molecule has 0 fully saturated rings. The Kier molecular flexibility index (Phi) is 8.54. The van der Waals surface area contributed by atoms with Gasteiger partial charge in [-0.25, -0.2) is 0 Å². The van der Waals surface area contributed by atoms with Gasteiger partial charge in [0.25, 0.3) is 0 Å². The van der Waals surface area contributed by atoms with Crippen LogP contribution in [0.1, 0.15) is 37.5 Å². The molecule has 2 aromatic carbocycles. The smallest absolute Gasteiger partial charge is 0.242 e. The van der Waals surface area contributed by atoms with Gasteiger partial charge in [-0.3, -0.25) is 9.59 Å². The van der Waals surface area contributed by atoms with Crippen molar-refractivity contribution in [3.05, 3.63) is 69.2 Å². The highest BCUT2D eigenvalue weighted by Gasteiger charge is 2.27. The largest absolute Gasteiger partial charge is 0.354 e. The quantitative estimate of drug-likeness (QED) is 0.632. The van der Waals surface area contributed by atoms with Gasteiger partial charge >= 0.3 is 0 Å². The summed E-state index contributed by atoms with van der Waals surface area (Å²) >= 11 is 12.5. The maximum atomic E-state index is 13.2. The summed E-state index contributed by atoms with van der Waals surface area (Å²) in [4.78, 5) is 27.5. The molecule has 0 aliphatic heterocycles. The predicted octanol–water partition coefficient (Wildman–Crippen LogP) is 5.03. The summed E-state index contributed by atoms with van der Waals surface area (Å²) in [7, 11) is 0. The molecule has 0 aliphatic carbocycles. The Morgan fingerprint density at radius 1 is 1.03 bits per heavy atom. The molecule has 6 heteroatoms. The molecule has 0 radical (unpaired) electrons. The number of carbonyl (C=O) groups excluding carboxylic acids is 2. The Morgan fingerprint density at radius 2 is 1.66 bits per heavy atom. The van der Waals surface area contributed by atoms with Crippen LogP contribution in [0.15, 0.2) is 42.5 Å². The van der Waals surface area contributed by atoms with E-state index < -0.39 is 6.04 Å². The Bertz CT molecular complexity index is 847. The van der Waals surface area contributed by atoms with Gasteiger partial charge in [-0.2, -0.15) is 0 Å². The van der Waals surface area contributed by atoms with E-state index in [9.17, 15) is 9.59 Å². The number of nitrogens with one attached hydrogen (secondary N) is 1. The van der Waals surface area contributed by atoms with E-state index in [1.165, 1.54) is 0 Å². The van der Waals surface area contributed by atoms with Crippen molar-refractivity contribution in [1.82, 2.24) is 10.2 Å². The maximum absolute atomic E-state index is 13.2. The summed E-state index contributed by atoms with van der Waals surface area (Å²) in [6.45, 7) is 8.69. The molecule has 0 aliphatic rings. The molecule has 0 aromatic heterocycles. The van der Waals surface area contributed by atoms with E-state index in [-0.39, 0.29) is 18.2 Å². The second-order valence-corrected chi connectivity index (χ2v) is 8.52. The van der Waals surface area contributed by atoms with Crippen LogP contribution in [0.5, 0.6) is 0 Å². The van der Waals surface area contributed by atoms with E-state index in [0.717, 1.165) is 11.1 Å². The van der Waals surface area contributed by atoms with Crippen LogP contribution >= 0.6 is 23.2 Å². The fourth-order valence-electron chi connectivity index (χ4n) is 3.00. The fourth-order valence-corrected chi connectivity index (χ4v) is 3.53. The number of halogens is 2. The molecular weight excluding hydrogens is 407 g/mol. The van der Waals surface area contributed by atoms with Crippen LogP contribution in [0, 0.1) is 12.8 Å². The van der Waals surface area contributed by atoms with Crippen LogP contribution in [0.3, 0.4) is 0 Å². The highest BCUT2D eigenvalue weighted by atomic mass is 35.5. The average molecular weight is 435 g/mol. The first-order valence-electron chi connectivity index (χ1n) is 9.74. The minimum Gasteiger partial charge on any atom is -0.354 e. The number of hydrogen-bond donors (Lipinski definition) is 1. The number of hydrogen-bond acceptors (Lipinski definition) is 2. The molecule has 29 heavy (non-hydrogen) atoms. The van der Waals surface area contributed by atoms with E-state index >= 15 is 0 Å². The van der Waals surface area contributed by atoms with Crippen molar-refractivity contribution in [3.63, 3.8) is 0 Å². The van der Waals surface area contributed by atoms with Gasteiger partial charge in [0.15, 0.2) is 0 Å². The van der Waals surface area contributed by atoms with Gasteiger partial charge in [-0.05, 0) is 43.0 Å². The summed E-state index contributed by atoms with van der Waals surface area (Å²) in [6.07, 6.45) is 0.0339. The molecule has 0 unspecified atom stereocenters. The molecule has 0 bridgehead atoms. The molecule has 1 N–H and O–H groups in total. The number of benzene rings is 2. The second kappa shape index (κ2) is 10.7. The molecular formula is C23H28Cl2N2O2. The average Bonchev–Trinajstić information content (AvgIpc) is 2.66. The van der Waals surface area contributed by atoms with Gasteiger partial charge in [0, 0.05) is 23.1 Å². The highest BCUT2D eigenvalue weighted by Crippen LogP contribution is 2.26. The Labute approximate surface area is 183 Å². The lowest BCUT2D eigenvalue weighted by atomic mass is 10.1. The lowest BCUT2D eigenvalue weighted by Gasteiger charge is -2.29. The standard InChI is InChI=1S/C23H28Cl2N2O2/c1-15(2)13-26-23(29)17(4)27(14-18-8-5-7-16(3)11-18)22(28)12-19-20(24)9-6-10-21(19)25/h5-11,15,17H,12-14H2,1-4H3,(H,26,29)/t17-/m0/s1. The van der Waals surface area contributed by atoms with Crippen LogP contribution in [0.25, 0.3) is 0 Å². The molecule has 4 nitrogen and oxygen atoms in total. The van der Waals surface area contributed by atoms with Crippen molar-refractivity contribution in [2.45, 2.75) is 46.7 Å². The molecule has 0 saturated heterocycles. The zero-order valence-corrected chi connectivity index (χ0v) is 18.8. The monoisotopic (exact) mass is 434 g/mol. The first-order chi connectivity index (χ1) is 13.7. The molecule has 156 valence electrons. The van der Waals surface area contributed by atoms with E-state index in [2.05, 4.69) is 5.32 Å². The minimum atomic E-state index is -0.622. The second-order valence-electron chi connectivity index (χ2n) is 7.70. The van der Waals surface area contributed by atoms with Gasteiger partial charge in [-0.15, -0.1) is 0 Å². The van der Waals surface area contributed by atoms with Crippen LogP contribution in [-0.4, -0.2) is 29.3 Å². The molecule has 2 aromatic rings. The van der Waals surface area contributed by atoms with Gasteiger partial charge in [0.2, 0.25) is 11.8 Å². The zero-order chi connectivity index (χ0) is 21.6. The molecule has 2 amide bonds. The fraction of sp³-hybridized carbons (Fsp3) is 0.391. The van der Waals surface area contributed by atoms with Gasteiger partial charge in [0.05, 0.1) is 6.42 Å².